The lowest BCUT2D eigenvalue weighted by Crippen LogP contribution is -2.23. The van der Waals surface area contributed by atoms with Crippen molar-refractivity contribution in [1.29, 1.82) is 0 Å². The van der Waals surface area contributed by atoms with Gasteiger partial charge in [-0.1, -0.05) is 0 Å². The van der Waals surface area contributed by atoms with Crippen LogP contribution in [0.4, 0.5) is 5.69 Å². The molecule has 0 aliphatic carbocycles. The summed E-state index contributed by atoms with van der Waals surface area (Å²) in [6.45, 7) is 4.69. The molecule has 0 aliphatic rings. The van der Waals surface area contributed by atoms with Crippen LogP contribution in [0.5, 0.6) is 11.5 Å². The van der Waals surface area contributed by atoms with Crippen LogP contribution in [-0.4, -0.2) is 31.7 Å². The van der Waals surface area contributed by atoms with Crippen LogP contribution >= 0.6 is 35.3 Å². The van der Waals surface area contributed by atoms with Crippen LogP contribution in [0, 0.1) is 13.8 Å². The van der Waals surface area contributed by atoms with Crippen molar-refractivity contribution in [2.24, 2.45) is 10.7 Å². The predicted molar refractivity (Wildman–Crippen MR) is 110 cm³/mol. The second-order valence-electron chi connectivity index (χ2n) is 4.96. The highest BCUT2D eigenvalue weighted by Gasteiger charge is 2.06. The number of rotatable bonds is 6. The first-order valence-electron chi connectivity index (χ1n) is 7.25. The maximum absolute atomic E-state index is 5.92. The van der Waals surface area contributed by atoms with Crippen molar-refractivity contribution in [3.63, 3.8) is 0 Å². The number of nitrogens with zero attached hydrogens (tertiary/aromatic N) is 2. The fraction of sp³-hybridized carbons (Fsp3) is 0.375. The third-order valence-electron chi connectivity index (χ3n) is 3.34. The minimum Gasteiger partial charge on any atom is -0.493 e. The maximum atomic E-state index is 5.92. The second kappa shape index (κ2) is 9.67. The van der Waals surface area contributed by atoms with Gasteiger partial charge in [0.15, 0.2) is 17.5 Å². The zero-order valence-corrected chi connectivity index (χ0v) is 17.4. The lowest BCUT2D eigenvalue weighted by molar-refractivity contribution is 0.355. The fourth-order valence-electron chi connectivity index (χ4n) is 2.02. The number of benzene rings is 1. The monoisotopic (exact) mass is 462 g/mol. The van der Waals surface area contributed by atoms with E-state index in [4.69, 9.17) is 15.2 Å². The van der Waals surface area contributed by atoms with Gasteiger partial charge >= 0.3 is 0 Å². The first kappa shape index (κ1) is 20.5. The van der Waals surface area contributed by atoms with Gasteiger partial charge in [-0.25, -0.2) is 4.98 Å². The molecule has 132 valence electrons. The van der Waals surface area contributed by atoms with Gasteiger partial charge in [-0.15, -0.1) is 35.3 Å². The maximum Gasteiger partial charge on any atom is 0.193 e. The summed E-state index contributed by atoms with van der Waals surface area (Å²) >= 11 is 1.71. The molecule has 0 saturated heterocycles. The van der Waals surface area contributed by atoms with E-state index >= 15 is 0 Å². The summed E-state index contributed by atoms with van der Waals surface area (Å²) in [5.41, 5.74) is 7.80. The lowest BCUT2D eigenvalue weighted by atomic mass is 10.3. The van der Waals surface area contributed by atoms with Gasteiger partial charge in [0.2, 0.25) is 0 Å². The molecule has 0 unspecified atom stereocenters. The smallest absolute Gasteiger partial charge is 0.193 e. The van der Waals surface area contributed by atoms with E-state index in [-0.39, 0.29) is 24.0 Å². The molecule has 1 aromatic heterocycles. The number of nitrogens with one attached hydrogen (secondary N) is 1. The Kier molecular flexibility index (Phi) is 8.26. The van der Waals surface area contributed by atoms with Crippen molar-refractivity contribution in [1.82, 2.24) is 4.98 Å². The average Bonchev–Trinajstić information content (AvgIpc) is 2.85. The number of methoxy groups -OCH3 is 2. The number of aliphatic imine (C=N–C) groups is 1. The van der Waals surface area contributed by atoms with Crippen LogP contribution < -0.4 is 20.5 Å². The summed E-state index contributed by atoms with van der Waals surface area (Å²) in [4.78, 5) is 10.1. The summed E-state index contributed by atoms with van der Waals surface area (Å²) in [6, 6.07) is 5.49. The summed E-state index contributed by atoms with van der Waals surface area (Å²) in [5, 5.41) is 4.13. The molecule has 0 amide bonds. The molecule has 0 bridgehead atoms. The highest BCUT2D eigenvalue weighted by Crippen LogP contribution is 2.29. The molecule has 1 aromatic carbocycles. The van der Waals surface area contributed by atoms with E-state index in [9.17, 15) is 0 Å². The molecule has 0 saturated carbocycles. The van der Waals surface area contributed by atoms with E-state index in [1.165, 1.54) is 4.88 Å². The molecule has 24 heavy (non-hydrogen) atoms. The van der Waals surface area contributed by atoms with Gasteiger partial charge in [-0.2, -0.15) is 0 Å². The van der Waals surface area contributed by atoms with Crippen LogP contribution in [-0.2, 0) is 6.42 Å². The van der Waals surface area contributed by atoms with Gasteiger partial charge in [0, 0.05) is 29.6 Å². The SMILES string of the molecule is COc1ccc(NC(N)=NCCc2nc(C)c(C)s2)cc1OC.I. The standard InChI is InChI=1S/C16H22N4O2S.HI/c1-10-11(2)23-15(19-10)7-8-18-16(17)20-12-5-6-13(21-3)14(9-12)22-4;/h5-6,9H,7-8H2,1-4H3,(H3,17,18,20);1H. The summed E-state index contributed by atoms with van der Waals surface area (Å²) in [5.74, 6) is 1.67. The highest BCUT2D eigenvalue weighted by atomic mass is 127. The molecule has 1 heterocycles. The van der Waals surface area contributed by atoms with Gasteiger partial charge in [0.25, 0.3) is 0 Å². The Balaban J connectivity index is 0.00000288. The molecule has 2 aromatic rings. The molecule has 0 atom stereocenters. The highest BCUT2D eigenvalue weighted by molar-refractivity contribution is 14.0. The molecular formula is C16H23IN4O2S. The van der Waals surface area contributed by atoms with Crippen LogP contribution in [0.3, 0.4) is 0 Å². The molecule has 0 aliphatic heterocycles. The largest absolute Gasteiger partial charge is 0.493 e. The van der Waals surface area contributed by atoms with Gasteiger partial charge in [-0.05, 0) is 26.0 Å². The zero-order chi connectivity index (χ0) is 16.8. The average molecular weight is 462 g/mol. The third-order valence-corrected chi connectivity index (χ3v) is 4.47. The number of aryl methyl sites for hydroxylation is 2. The first-order valence-corrected chi connectivity index (χ1v) is 8.07. The van der Waals surface area contributed by atoms with Crippen molar-refractivity contribution >= 4 is 47.0 Å². The van der Waals surface area contributed by atoms with Gasteiger partial charge in [0.05, 0.1) is 24.9 Å². The Morgan fingerprint density at radius 2 is 1.96 bits per heavy atom. The van der Waals surface area contributed by atoms with E-state index in [0.29, 0.717) is 24.0 Å². The number of halogens is 1. The van der Waals surface area contributed by atoms with Crippen molar-refractivity contribution in [3.8, 4) is 11.5 Å². The Morgan fingerprint density at radius 3 is 2.54 bits per heavy atom. The van der Waals surface area contributed by atoms with Crippen LogP contribution in [0.15, 0.2) is 23.2 Å². The quantitative estimate of drug-likeness (QED) is 0.391. The molecule has 8 heteroatoms. The number of guanidine groups is 1. The summed E-state index contributed by atoms with van der Waals surface area (Å²) in [6.07, 6.45) is 0.785. The Morgan fingerprint density at radius 1 is 1.25 bits per heavy atom. The lowest BCUT2D eigenvalue weighted by Gasteiger charge is -2.10. The van der Waals surface area contributed by atoms with Crippen molar-refractivity contribution < 1.29 is 9.47 Å². The minimum absolute atomic E-state index is 0. The number of nitrogens with two attached hydrogens (primary N) is 1. The van der Waals surface area contributed by atoms with Gasteiger partial charge in [-0.3, -0.25) is 4.99 Å². The second-order valence-corrected chi connectivity index (χ2v) is 6.25. The molecule has 0 radical (unpaired) electrons. The van der Waals surface area contributed by atoms with Crippen LogP contribution in [0.2, 0.25) is 0 Å². The zero-order valence-electron chi connectivity index (χ0n) is 14.3. The normalized spacial score (nSPS) is 10.9. The number of thiazole rings is 1. The first-order chi connectivity index (χ1) is 11.0. The Labute approximate surface area is 163 Å². The number of hydrogen-bond donors (Lipinski definition) is 2. The molecule has 6 nitrogen and oxygen atoms in total. The fourth-order valence-corrected chi connectivity index (χ4v) is 2.94. The van der Waals surface area contributed by atoms with Crippen LogP contribution in [0.25, 0.3) is 0 Å². The number of hydrogen-bond acceptors (Lipinski definition) is 5. The van der Waals surface area contributed by atoms with E-state index in [1.807, 2.05) is 25.1 Å². The van der Waals surface area contributed by atoms with Gasteiger partial charge in [0.1, 0.15) is 0 Å². The summed E-state index contributed by atoms with van der Waals surface area (Å²) < 4.78 is 10.5. The number of aromatic nitrogens is 1. The number of ether oxygens (including phenoxy) is 2. The molecule has 0 spiro atoms. The third kappa shape index (κ3) is 5.52. The van der Waals surface area contributed by atoms with E-state index < -0.39 is 0 Å². The minimum atomic E-state index is 0. The van der Waals surface area contributed by atoms with Gasteiger partial charge < -0.3 is 20.5 Å². The molecule has 2 rings (SSSR count). The van der Waals surface area contributed by atoms with E-state index in [1.54, 1.807) is 25.6 Å². The number of anilines is 1. The van der Waals surface area contributed by atoms with Crippen molar-refractivity contribution in [3.05, 3.63) is 33.8 Å². The molecular weight excluding hydrogens is 439 g/mol. The topological polar surface area (TPSA) is 81.8 Å². The molecule has 0 fully saturated rings. The Hall–Kier alpha value is -1.55. The van der Waals surface area contributed by atoms with Crippen molar-refractivity contribution in [2.45, 2.75) is 20.3 Å². The summed E-state index contributed by atoms with van der Waals surface area (Å²) in [7, 11) is 3.19. The predicted octanol–water partition coefficient (Wildman–Crippen LogP) is 3.36. The molecule has 3 N–H and O–H groups in total. The van der Waals surface area contributed by atoms with E-state index in [2.05, 4.69) is 22.2 Å². The Bertz CT molecular complexity index is 684. The van der Waals surface area contributed by atoms with E-state index in [0.717, 1.165) is 22.8 Å². The van der Waals surface area contributed by atoms with Crippen molar-refractivity contribution in [2.75, 3.05) is 26.1 Å². The van der Waals surface area contributed by atoms with Crippen LogP contribution in [0.1, 0.15) is 15.6 Å².